The second-order valence-corrected chi connectivity index (χ2v) is 5.01. The van der Waals surface area contributed by atoms with Crippen LogP contribution in [0.1, 0.15) is 13.8 Å². The predicted octanol–water partition coefficient (Wildman–Crippen LogP) is 1.85. The molecule has 0 atom stereocenters. The van der Waals surface area contributed by atoms with E-state index in [0.29, 0.717) is 0 Å². The number of carboxylic acid groups (broad SMARTS) is 1. The molecule has 88 valence electrons. The zero-order valence-electron chi connectivity index (χ0n) is 8.56. The molecule has 6 nitrogen and oxygen atoms in total. The molecule has 0 fully saturated rings. The minimum Gasteiger partial charge on any atom is -0.465 e. The molecule has 8 heteroatoms. The second kappa shape index (κ2) is 6.90. The molecular weight excluding hydrogens is 241 g/mol. The van der Waals surface area contributed by atoms with E-state index >= 15 is 0 Å². The van der Waals surface area contributed by atoms with Crippen molar-refractivity contribution < 1.29 is 23.5 Å². The van der Waals surface area contributed by atoms with Crippen LogP contribution in [0.5, 0.6) is 0 Å². The summed E-state index contributed by atoms with van der Waals surface area (Å²) in [6.45, 7) is 3.76. The van der Waals surface area contributed by atoms with Gasteiger partial charge in [-0.2, -0.15) is 0 Å². The molecule has 0 radical (unpaired) electrons. The van der Waals surface area contributed by atoms with Gasteiger partial charge in [0.15, 0.2) is 0 Å². The molecule has 0 heterocycles. The zero-order valence-corrected chi connectivity index (χ0v) is 10.3. The van der Waals surface area contributed by atoms with Crippen LogP contribution in [0.25, 0.3) is 0 Å². The third kappa shape index (κ3) is 6.57. The largest absolute Gasteiger partial charge is 0.465 e. The highest BCUT2D eigenvalue weighted by Gasteiger charge is 2.26. The summed E-state index contributed by atoms with van der Waals surface area (Å²) in [4.78, 5) is 10.2. The summed E-state index contributed by atoms with van der Waals surface area (Å²) < 4.78 is 21.7. The fraction of sp³-hybridized carbons (Fsp3) is 0.714. The quantitative estimate of drug-likeness (QED) is 0.556. The summed E-state index contributed by atoms with van der Waals surface area (Å²) in [5.41, 5.74) is 0. The topological polar surface area (TPSA) is 84.9 Å². The second-order valence-electron chi connectivity index (χ2n) is 2.46. The first kappa shape index (κ1) is 14.5. The lowest BCUT2D eigenvalue weighted by Crippen LogP contribution is -2.30. The number of carbonyl (C=O) groups is 1. The molecule has 0 spiro atoms. The van der Waals surface area contributed by atoms with E-state index in [1.807, 2.05) is 5.32 Å². The molecule has 0 bridgehead atoms. The highest BCUT2D eigenvalue weighted by atomic mass is 32.1. The van der Waals surface area contributed by atoms with Crippen molar-refractivity contribution >= 4 is 30.9 Å². The number of nitrogens with one attached hydrogen (secondary N) is 1. The van der Waals surface area contributed by atoms with Crippen LogP contribution in [0, 0.1) is 0 Å². The van der Waals surface area contributed by atoms with Gasteiger partial charge in [-0.15, -0.1) is 0 Å². The average molecular weight is 255 g/mol. The van der Waals surface area contributed by atoms with Gasteiger partial charge in [-0.1, -0.05) is 12.2 Å². The Morgan fingerprint density at radius 3 is 2.20 bits per heavy atom. The first-order chi connectivity index (χ1) is 6.93. The van der Waals surface area contributed by atoms with Crippen molar-refractivity contribution in [1.29, 1.82) is 0 Å². The van der Waals surface area contributed by atoms with E-state index in [0.717, 1.165) is 0 Å². The maximum atomic E-state index is 11.8. The smallest absolute Gasteiger partial charge is 0.409 e. The lowest BCUT2D eigenvalue weighted by Gasteiger charge is -2.16. The van der Waals surface area contributed by atoms with Crippen LogP contribution >= 0.6 is 19.8 Å². The van der Waals surface area contributed by atoms with Gasteiger partial charge in [0.25, 0.3) is 0 Å². The van der Waals surface area contributed by atoms with Crippen molar-refractivity contribution in [2.24, 2.45) is 0 Å². The van der Waals surface area contributed by atoms with E-state index in [1.165, 1.54) is 0 Å². The van der Waals surface area contributed by atoms with Crippen LogP contribution in [0.3, 0.4) is 0 Å². The molecule has 0 aliphatic heterocycles. The van der Waals surface area contributed by atoms with Crippen LogP contribution in [0.15, 0.2) is 0 Å². The summed E-state index contributed by atoms with van der Waals surface area (Å²) in [7, 11) is -3.30. The summed E-state index contributed by atoms with van der Waals surface area (Å²) in [6.07, 6.45) is -1.52. The SMILES string of the molecule is CCOP(=O)(CC(=S)NC(=O)O)OCC. The Kier molecular flexibility index (Phi) is 6.67. The number of hydrogen-bond acceptors (Lipinski definition) is 5. The highest BCUT2D eigenvalue weighted by Crippen LogP contribution is 2.47. The Hall–Kier alpha value is -0.490. The van der Waals surface area contributed by atoms with E-state index in [1.54, 1.807) is 13.8 Å². The minimum atomic E-state index is -3.30. The molecule has 0 aromatic rings. The molecule has 0 rings (SSSR count). The van der Waals surface area contributed by atoms with Crippen LogP contribution < -0.4 is 5.32 Å². The molecule has 15 heavy (non-hydrogen) atoms. The van der Waals surface area contributed by atoms with Crippen LogP contribution in [0.4, 0.5) is 4.79 Å². The molecular formula is C7H14NO5PS. The molecule has 0 saturated heterocycles. The van der Waals surface area contributed by atoms with Crippen molar-refractivity contribution in [2.75, 3.05) is 19.4 Å². The van der Waals surface area contributed by atoms with Crippen molar-refractivity contribution in [3.05, 3.63) is 0 Å². The summed E-state index contributed by atoms with van der Waals surface area (Å²) in [6, 6.07) is 0. The monoisotopic (exact) mass is 255 g/mol. The van der Waals surface area contributed by atoms with Gasteiger partial charge in [-0.05, 0) is 13.8 Å². The third-order valence-electron chi connectivity index (χ3n) is 1.24. The molecule has 0 aromatic heterocycles. The molecule has 2 N–H and O–H groups in total. The van der Waals surface area contributed by atoms with E-state index in [2.05, 4.69) is 12.2 Å². The molecule has 0 aromatic carbocycles. The van der Waals surface area contributed by atoms with Crippen LogP contribution in [0.2, 0.25) is 0 Å². The van der Waals surface area contributed by atoms with Crippen molar-refractivity contribution in [3.8, 4) is 0 Å². The van der Waals surface area contributed by atoms with Crippen molar-refractivity contribution in [1.82, 2.24) is 5.32 Å². The van der Waals surface area contributed by atoms with Gasteiger partial charge in [0.05, 0.1) is 18.2 Å². The normalized spacial score (nSPS) is 11.1. The van der Waals surface area contributed by atoms with Crippen LogP contribution in [-0.4, -0.2) is 35.6 Å². The van der Waals surface area contributed by atoms with E-state index in [4.69, 9.17) is 14.2 Å². The van der Waals surface area contributed by atoms with Gasteiger partial charge < -0.3 is 14.2 Å². The first-order valence-electron chi connectivity index (χ1n) is 4.34. The fourth-order valence-corrected chi connectivity index (χ4v) is 2.89. The first-order valence-corrected chi connectivity index (χ1v) is 6.48. The molecule has 0 unspecified atom stereocenters. The Bertz CT molecular complexity index is 273. The minimum absolute atomic E-state index is 0.0762. The van der Waals surface area contributed by atoms with Crippen molar-refractivity contribution in [2.45, 2.75) is 13.8 Å². The highest BCUT2D eigenvalue weighted by molar-refractivity contribution is 7.81. The lowest BCUT2D eigenvalue weighted by molar-refractivity contribution is 0.200. The van der Waals surface area contributed by atoms with E-state index in [-0.39, 0.29) is 24.4 Å². The van der Waals surface area contributed by atoms with Gasteiger partial charge in [-0.3, -0.25) is 9.88 Å². The van der Waals surface area contributed by atoms with Gasteiger partial charge in [0.1, 0.15) is 6.16 Å². The third-order valence-corrected chi connectivity index (χ3v) is 3.70. The lowest BCUT2D eigenvalue weighted by atomic mass is 10.7. The van der Waals surface area contributed by atoms with Gasteiger partial charge in [0.2, 0.25) is 0 Å². The maximum absolute atomic E-state index is 11.8. The van der Waals surface area contributed by atoms with E-state index in [9.17, 15) is 9.36 Å². The fourth-order valence-electron chi connectivity index (χ4n) is 0.857. The zero-order chi connectivity index (χ0) is 11.9. The molecule has 0 aliphatic carbocycles. The molecule has 0 saturated carbocycles. The predicted molar refractivity (Wildman–Crippen MR) is 59.5 cm³/mol. The Labute approximate surface area is 93.5 Å². The standard InChI is InChI=1S/C7H14NO5PS/c1-3-12-14(11,13-4-2)5-6(15)8-7(9)10/h3-5H2,1-2H3,(H,8,15)(H,9,10). The van der Waals surface area contributed by atoms with Crippen molar-refractivity contribution in [3.63, 3.8) is 0 Å². The summed E-state index contributed by atoms with van der Waals surface area (Å²) >= 11 is 4.68. The summed E-state index contributed by atoms with van der Waals surface area (Å²) in [5, 5.41) is 10.3. The number of hydrogen-bond donors (Lipinski definition) is 2. The van der Waals surface area contributed by atoms with E-state index < -0.39 is 13.7 Å². The summed E-state index contributed by atoms with van der Waals surface area (Å²) in [5.74, 6) is 0. The number of thiocarbonyl (C=S) groups is 1. The van der Waals surface area contributed by atoms with Gasteiger partial charge >= 0.3 is 13.7 Å². The number of amides is 1. The average Bonchev–Trinajstić information content (AvgIpc) is 2.01. The van der Waals surface area contributed by atoms with Gasteiger partial charge in [0, 0.05) is 0 Å². The Balaban J connectivity index is 4.34. The Morgan fingerprint density at radius 1 is 1.40 bits per heavy atom. The Morgan fingerprint density at radius 2 is 1.87 bits per heavy atom. The maximum Gasteiger partial charge on any atom is 0.409 e. The molecule has 1 amide bonds. The van der Waals surface area contributed by atoms with Crippen LogP contribution in [-0.2, 0) is 13.6 Å². The number of rotatable bonds is 6. The van der Waals surface area contributed by atoms with Gasteiger partial charge in [-0.25, -0.2) is 4.79 Å². The molecule has 0 aliphatic rings.